The van der Waals surface area contributed by atoms with E-state index < -0.39 is 0 Å². The summed E-state index contributed by atoms with van der Waals surface area (Å²) in [6.45, 7) is 1.16. The highest BCUT2D eigenvalue weighted by Crippen LogP contribution is 2.31. The van der Waals surface area contributed by atoms with Crippen LogP contribution < -0.4 is 0 Å². The van der Waals surface area contributed by atoms with Crippen molar-refractivity contribution in [3.63, 3.8) is 0 Å². The van der Waals surface area contributed by atoms with Crippen molar-refractivity contribution < 1.29 is 4.79 Å². The first kappa shape index (κ1) is 6.35. The van der Waals surface area contributed by atoms with Crippen molar-refractivity contribution in [2.45, 2.75) is 37.8 Å². The second kappa shape index (κ2) is 2.35. The van der Waals surface area contributed by atoms with E-state index in [1.54, 1.807) is 0 Å². The zero-order chi connectivity index (χ0) is 6.97. The average Bonchev–Trinajstić information content (AvgIpc) is 2.44. The molecule has 0 N–H and O–H groups in total. The topological polar surface area (TPSA) is 20.3 Å². The molecule has 2 atom stereocenters. The Kier molecular flexibility index (Phi) is 1.49. The van der Waals surface area contributed by atoms with Gasteiger partial charge in [-0.1, -0.05) is 0 Å². The van der Waals surface area contributed by atoms with Gasteiger partial charge in [0.05, 0.1) is 6.04 Å². The van der Waals surface area contributed by atoms with E-state index in [9.17, 15) is 4.79 Å². The summed E-state index contributed by atoms with van der Waals surface area (Å²) in [5.41, 5.74) is 0. The van der Waals surface area contributed by atoms with Gasteiger partial charge in [-0.3, -0.25) is 4.90 Å². The van der Waals surface area contributed by atoms with Crippen molar-refractivity contribution in [1.29, 1.82) is 0 Å². The van der Waals surface area contributed by atoms with E-state index in [0.717, 1.165) is 25.3 Å². The second-order valence-corrected chi connectivity index (χ2v) is 3.31. The smallest absolute Gasteiger partial charge is 0.137 e. The molecule has 2 aliphatic heterocycles. The lowest BCUT2D eigenvalue weighted by Gasteiger charge is -2.18. The summed E-state index contributed by atoms with van der Waals surface area (Å²) in [5.74, 6) is 0. The molecular formula is C8H13NO. The molecule has 0 aromatic carbocycles. The highest BCUT2D eigenvalue weighted by Gasteiger charge is 2.35. The molecule has 0 radical (unpaired) electrons. The Morgan fingerprint density at radius 1 is 1.30 bits per heavy atom. The van der Waals surface area contributed by atoms with E-state index in [0.29, 0.717) is 0 Å². The van der Waals surface area contributed by atoms with Gasteiger partial charge in [0, 0.05) is 6.04 Å². The summed E-state index contributed by atoms with van der Waals surface area (Å²) >= 11 is 0. The fourth-order valence-corrected chi connectivity index (χ4v) is 2.28. The third-order valence-electron chi connectivity index (χ3n) is 2.80. The van der Waals surface area contributed by atoms with Gasteiger partial charge in [0.25, 0.3) is 0 Å². The number of carbonyl (C=O) groups excluding carboxylic acids is 1. The van der Waals surface area contributed by atoms with Crippen molar-refractivity contribution in [3.05, 3.63) is 0 Å². The van der Waals surface area contributed by atoms with Gasteiger partial charge >= 0.3 is 0 Å². The number of carbonyl (C=O) groups is 1. The van der Waals surface area contributed by atoms with Gasteiger partial charge in [-0.05, 0) is 32.2 Å². The van der Waals surface area contributed by atoms with Crippen LogP contribution in [0.15, 0.2) is 0 Å². The molecule has 0 aliphatic carbocycles. The minimum atomic E-state index is 0.271. The Bertz CT molecular complexity index is 146. The molecule has 2 unspecified atom stereocenters. The predicted octanol–water partition coefficient (Wildman–Crippen LogP) is 0.812. The first-order valence-corrected chi connectivity index (χ1v) is 4.13. The van der Waals surface area contributed by atoms with Crippen LogP contribution in [0.25, 0.3) is 0 Å². The molecule has 0 amide bonds. The van der Waals surface area contributed by atoms with Crippen LogP contribution in [0.5, 0.6) is 0 Å². The lowest BCUT2D eigenvalue weighted by Crippen LogP contribution is -2.31. The quantitative estimate of drug-likeness (QED) is 0.501. The van der Waals surface area contributed by atoms with Gasteiger partial charge in [-0.25, -0.2) is 0 Å². The van der Waals surface area contributed by atoms with E-state index in [-0.39, 0.29) is 6.04 Å². The van der Waals surface area contributed by atoms with Crippen LogP contribution in [-0.2, 0) is 4.79 Å². The summed E-state index contributed by atoms with van der Waals surface area (Å²) in [6.07, 6.45) is 6.10. The minimum absolute atomic E-state index is 0.271. The Morgan fingerprint density at radius 2 is 2.20 bits per heavy atom. The first-order chi connectivity index (χ1) is 4.92. The minimum Gasteiger partial charge on any atom is -0.302 e. The predicted molar refractivity (Wildman–Crippen MR) is 38.8 cm³/mol. The number of nitrogens with zero attached hydrogens (tertiary/aromatic N) is 1. The zero-order valence-electron chi connectivity index (χ0n) is 6.12. The monoisotopic (exact) mass is 139 g/mol. The molecule has 2 saturated heterocycles. The molecule has 0 bridgehead atoms. The van der Waals surface area contributed by atoms with Crippen LogP contribution in [0, 0.1) is 0 Å². The van der Waals surface area contributed by atoms with Gasteiger partial charge < -0.3 is 4.79 Å². The SMILES string of the molecule is O=CC1CCC2CCCN12. The molecule has 10 heavy (non-hydrogen) atoms. The molecular weight excluding hydrogens is 126 g/mol. The van der Waals surface area contributed by atoms with Crippen LogP contribution >= 0.6 is 0 Å². The van der Waals surface area contributed by atoms with Crippen molar-refractivity contribution in [2.24, 2.45) is 0 Å². The van der Waals surface area contributed by atoms with Gasteiger partial charge in [-0.15, -0.1) is 0 Å². The Hall–Kier alpha value is -0.370. The first-order valence-electron chi connectivity index (χ1n) is 4.13. The van der Waals surface area contributed by atoms with Crippen molar-refractivity contribution >= 4 is 6.29 Å². The second-order valence-electron chi connectivity index (χ2n) is 3.31. The lowest BCUT2D eigenvalue weighted by molar-refractivity contribution is -0.111. The van der Waals surface area contributed by atoms with Crippen LogP contribution in [0.4, 0.5) is 0 Å². The van der Waals surface area contributed by atoms with Crippen LogP contribution in [0.2, 0.25) is 0 Å². The molecule has 2 rings (SSSR count). The standard InChI is InChI=1S/C8H13NO/c10-6-8-4-3-7-2-1-5-9(7)8/h6-8H,1-5H2. The van der Waals surface area contributed by atoms with Crippen LogP contribution in [-0.4, -0.2) is 29.8 Å². The molecule has 0 saturated carbocycles. The van der Waals surface area contributed by atoms with Crippen molar-refractivity contribution in [2.75, 3.05) is 6.54 Å². The maximum atomic E-state index is 10.5. The van der Waals surface area contributed by atoms with E-state index >= 15 is 0 Å². The normalized spacial score (nSPS) is 40.0. The van der Waals surface area contributed by atoms with Crippen molar-refractivity contribution in [3.8, 4) is 0 Å². The summed E-state index contributed by atoms with van der Waals surface area (Å²) in [7, 11) is 0. The van der Waals surface area contributed by atoms with Crippen molar-refractivity contribution in [1.82, 2.24) is 4.90 Å². The highest BCUT2D eigenvalue weighted by molar-refractivity contribution is 5.58. The van der Waals surface area contributed by atoms with Gasteiger partial charge in [0.1, 0.15) is 6.29 Å². The Balaban J connectivity index is 2.07. The van der Waals surface area contributed by atoms with Gasteiger partial charge in [0.2, 0.25) is 0 Å². The Morgan fingerprint density at radius 3 is 3.00 bits per heavy atom. The number of fused-ring (bicyclic) bond motifs is 1. The van der Waals surface area contributed by atoms with Gasteiger partial charge in [0.15, 0.2) is 0 Å². The fourth-order valence-electron chi connectivity index (χ4n) is 2.28. The number of rotatable bonds is 1. The maximum absolute atomic E-state index is 10.5. The average molecular weight is 139 g/mol. The maximum Gasteiger partial charge on any atom is 0.137 e. The molecule has 2 heteroatoms. The summed E-state index contributed by atoms with van der Waals surface area (Å²) in [6, 6.07) is 1.03. The zero-order valence-corrected chi connectivity index (χ0v) is 6.12. The van der Waals surface area contributed by atoms with Crippen LogP contribution in [0.3, 0.4) is 0 Å². The number of aldehydes is 1. The summed E-state index contributed by atoms with van der Waals surface area (Å²) in [5, 5.41) is 0. The third kappa shape index (κ3) is 0.788. The fraction of sp³-hybridized carbons (Fsp3) is 0.875. The molecule has 56 valence electrons. The van der Waals surface area contributed by atoms with E-state index in [1.165, 1.54) is 19.3 Å². The molecule has 0 aromatic heterocycles. The molecule has 0 aromatic rings. The third-order valence-corrected chi connectivity index (χ3v) is 2.80. The van der Waals surface area contributed by atoms with E-state index in [1.807, 2.05) is 0 Å². The number of hydrogen-bond acceptors (Lipinski definition) is 2. The molecule has 2 aliphatic rings. The molecule has 2 nitrogen and oxygen atoms in total. The Labute approximate surface area is 61.2 Å². The highest BCUT2D eigenvalue weighted by atomic mass is 16.1. The van der Waals surface area contributed by atoms with Crippen LogP contribution in [0.1, 0.15) is 25.7 Å². The molecule has 2 heterocycles. The lowest BCUT2D eigenvalue weighted by atomic mass is 10.1. The molecule has 0 spiro atoms. The summed E-state index contributed by atoms with van der Waals surface area (Å²) < 4.78 is 0. The number of hydrogen-bond donors (Lipinski definition) is 0. The van der Waals surface area contributed by atoms with Gasteiger partial charge in [-0.2, -0.15) is 0 Å². The largest absolute Gasteiger partial charge is 0.302 e. The molecule has 2 fully saturated rings. The van der Waals surface area contributed by atoms with E-state index in [4.69, 9.17) is 0 Å². The van der Waals surface area contributed by atoms with E-state index in [2.05, 4.69) is 4.90 Å². The summed E-state index contributed by atoms with van der Waals surface area (Å²) in [4.78, 5) is 12.9.